The number of rotatable bonds is 2. The second-order valence-corrected chi connectivity index (χ2v) is 4.71. The molecule has 2 heterocycles. The largest absolute Gasteiger partial charge is 0.335 e. The van der Waals surface area contributed by atoms with Crippen LogP contribution in [0, 0.1) is 12.2 Å². The molecule has 0 bridgehead atoms. The van der Waals surface area contributed by atoms with E-state index in [1.807, 2.05) is 12.3 Å². The Morgan fingerprint density at radius 1 is 1.31 bits per heavy atom. The zero-order valence-electron chi connectivity index (χ0n) is 9.37. The average molecular weight is 214 g/mol. The van der Waals surface area contributed by atoms with Crippen molar-refractivity contribution in [2.75, 3.05) is 0 Å². The molecule has 1 radical (unpaired) electrons. The minimum absolute atomic E-state index is 0.809. The number of hydrogen-bond donors (Lipinski definition) is 1. The van der Waals surface area contributed by atoms with E-state index in [-0.39, 0.29) is 0 Å². The summed E-state index contributed by atoms with van der Waals surface area (Å²) in [5.74, 6) is 0.809. The molecule has 1 N–H and O–H groups in total. The number of imidazole rings is 1. The third-order valence-corrected chi connectivity index (χ3v) is 3.57. The zero-order valence-corrected chi connectivity index (χ0v) is 9.37. The summed E-state index contributed by atoms with van der Waals surface area (Å²) in [5.41, 5.74) is 3.20. The van der Waals surface area contributed by atoms with Crippen LogP contribution in [0.1, 0.15) is 37.8 Å². The standard InChI is InChI=1S/C13H16N3/c1-2-4-10(5-3-1)8-12-13-11(6-7-14-12)15-9-16-13/h6-7,10H,1-5,8H2,(H,15,16). The van der Waals surface area contributed by atoms with Gasteiger partial charge in [0.1, 0.15) is 5.52 Å². The van der Waals surface area contributed by atoms with Crippen LogP contribution < -0.4 is 0 Å². The number of aromatic nitrogens is 3. The molecule has 1 aliphatic rings. The van der Waals surface area contributed by atoms with Gasteiger partial charge in [0.2, 0.25) is 0 Å². The monoisotopic (exact) mass is 214 g/mol. The van der Waals surface area contributed by atoms with Gasteiger partial charge in [0, 0.05) is 6.20 Å². The first-order valence-electron chi connectivity index (χ1n) is 6.13. The van der Waals surface area contributed by atoms with Gasteiger partial charge in [-0.05, 0) is 18.4 Å². The number of fused-ring (bicyclic) bond motifs is 1. The van der Waals surface area contributed by atoms with Gasteiger partial charge in [-0.15, -0.1) is 0 Å². The molecule has 0 aromatic carbocycles. The Hall–Kier alpha value is -1.38. The molecule has 3 heteroatoms. The lowest BCUT2D eigenvalue weighted by atomic mass is 9.86. The first-order chi connectivity index (χ1) is 7.93. The second kappa shape index (κ2) is 4.24. The molecule has 1 aliphatic carbocycles. The van der Waals surface area contributed by atoms with E-state index < -0.39 is 0 Å². The van der Waals surface area contributed by atoms with E-state index in [2.05, 4.69) is 21.3 Å². The highest BCUT2D eigenvalue weighted by Crippen LogP contribution is 2.27. The van der Waals surface area contributed by atoms with Crippen LogP contribution in [0.2, 0.25) is 0 Å². The second-order valence-electron chi connectivity index (χ2n) is 4.71. The quantitative estimate of drug-likeness (QED) is 0.835. The molecule has 1 fully saturated rings. The predicted octanol–water partition coefficient (Wildman–Crippen LogP) is 2.88. The number of hydrogen-bond acceptors (Lipinski definition) is 2. The Balaban J connectivity index is 1.85. The van der Waals surface area contributed by atoms with Crippen molar-refractivity contribution in [3.63, 3.8) is 0 Å². The first kappa shape index (κ1) is 9.82. The van der Waals surface area contributed by atoms with Crippen LogP contribution in [-0.4, -0.2) is 15.0 Å². The fraction of sp³-hybridized carbons (Fsp3) is 0.538. The third kappa shape index (κ3) is 1.82. The van der Waals surface area contributed by atoms with Gasteiger partial charge in [0.05, 0.1) is 11.2 Å². The average Bonchev–Trinajstić information content (AvgIpc) is 2.80. The summed E-state index contributed by atoms with van der Waals surface area (Å²) in [6, 6.07) is 1.96. The molecule has 2 aromatic heterocycles. The molecule has 0 atom stereocenters. The number of H-pyrrole nitrogens is 1. The maximum Gasteiger partial charge on any atom is 0.174 e. The summed E-state index contributed by atoms with van der Waals surface area (Å²) in [7, 11) is 0. The maximum atomic E-state index is 4.47. The van der Waals surface area contributed by atoms with Crippen molar-refractivity contribution < 1.29 is 0 Å². The van der Waals surface area contributed by atoms with E-state index in [0.717, 1.165) is 29.1 Å². The van der Waals surface area contributed by atoms with Gasteiger partial charge in [-0.1, -0.05) is 32.1 Å². The van der Waals surface area contributed by atoms with Gasteiger partial charge in [0.15, 0.2) is 6.33 Å². The highest BCUT2D eigenvalue weighted by molar-refractivity contribution is 5.76. The van der Waals surface area contributed by atoms with Crippen molar-refractivity contribution in [1.29, 1.82) is 0 Å². The summed E-state index contributed by atoms with van der Waals surface area (Å²) < 4.78 is 0. The minimum Gasteiger partial charge on any atom is -0.335 e. The predicted molar refractivity (Wildman–Crippen MR) is 63.0 cm³/mol. The first-order valence-corrected chi connectivity index (χ1v) is 6.13. The van der Waals surface area contributed by atoms with Gasteiger partial charge in [-0.25, -0.2) is 4.98 Å². The van der Waals surface area contributed by atoms with E-state index >= 15 is 0 Å². The van der Waals surface area contributed by atoms with Crippen molar-refractivity contribution in [3.8, 4) is 0 Å². The van der Waals surface area contributed by atoms with Crippen LogP contribution in [0.25, 0.3) is 11.0 Å². The van der Waals surface area contributed by atoms with Crippen LogP contribution in [0.3, 0.4) is 0 Å². The molecule has 0 unspecified atom stereocenters. The molecule has 0 amide bonds. The normalized spacial score (nSPS) is 18.0. The number of aromatic amines is 1. The fourth-order valence-corrected chi connectivity index (χ4v) is 2.68. The molecule has 1 saturated carbocycles. The molecule has 0 spiro atoms. The van der Waals surface area contributed by atoms with Crippen molar-refractivity contribution in [1.82, 2.24) is 15.0 Å². The Morgan fingerprint density at radius 3 is 3.06 bits per heavy atom. The lowest BCUT2D eigenvalue weighted by Gasteiger charge is -2.20. The van der Waals surface area contributed by atoms with E-state index in [4.69, 9.17) is 0 Å². The highest BCUT2D eigenvalue weighted by atomic mass is 14.9. The smallest absolute Gasteiger partial charge is 0.174 e. The Morgan fingerprint density at radius 2 is 2.19 bits per heavy atom. The Labute approximate surface area is 95.3 Å². The summed E-state index contributed by atoms with van der Waals surface area (Å²) in [6.07, 6.45) is 12.6. The molecule has 2 aromatic rings. The molecule has 16 heavy (non-hydrogen) atoms. The van der Waals surface area contributed by atoms with Gasteiger partial charge in [-0.2, -0.15) is 0 Å². The van der Waals surface area contributed by atoms with Gasteiger partial charge in [-0.3, -0.25) is 4.98 Å². The summed E-state index contributed by atoms with van der Waals surface area (Å²) in [5, 5.41) is 0. The minimum atomic E-state index is 0.809. The van der Waals surface area contributed by atoms with Crippen molar-refractivity contribution >= 4 is 11.0 Å². The van der Waals surface area contributed by atoms with Crippen LogP contribution in [0.15, 0.2) is 12.3 Å². The highest BCUT2D eigenvalue weighted by Gasteiger charge is 2.16. The molecule has 83 valence electrons. The van der Waals surface area contributed by atoms with Crippen LogP contribution in [0.5, 0.6) is 0 Å². The Kier molecular flexibility index (Phi) is 2.60. The SMILES string of the molecule is [c]1nc2c(CC3CCCCC3)nccc2[nH]1. The maximum absolute atomic E-state index is 4.47. The fourth-order valence-electron chi connectivity index (χ4n) is 2.68. The summed E-state index contributed by atoms with van der Waals surface area (Å²) in [4.78, 5) is 11.7. The van der Waals surface area contributed by atoms with Crippen molar-refractivity contribution in [2.24, 2.45) is 5.92 Å². The molecule has 0 saturated heterocycles. The van der Waals surface area contributed by atoms with Crippen molar-refractivity contribution in [2.45, 2.75) is 38.5 Å². The molecule has 3 rings (SSSR count). The molecular formula is C13H16N3. The van der Waals surface area contributed by atoms with Gasteiger partial charge >= 0.3 is 0 Å². The van der Waals surface area contributed by atoms with E-state index in [1.54, 1.807) is 0 Å². The third-order valence-electron chi connectivity index (χ3n) is 3.57. The van der Waals surface area contributed by atoms with Crippen molar-refractivity contribution in [3.05, 3.63) is 24.3 Å². The summed E-state index contributed by atoms with van der Waals surface area (Å²) in [6.45, 7) is 0. The topological polar surface area (TPSA) is 41.6 Å². The molecule has 3 nitrogen and oxygen atoms in total. The molecular weight excluding hydrogens is 198 g/mol. The summed E-state index contributed by atoms with van der Waals surface area (Å²) >= 11 is 0. The van der Waals surface area contributed by atoms with E-state index in [1.165, 1.54) is 32.1 Å². The number of nitrogens with one attached hydrogen (secondary N) is 1. The van der Waals surface area contributed by atoms with Gasteiger partial charge in [0.25, 0.3) is 0 Å². The number of pyridine rings is 1. The van der Waals surface area contributed by atoms with E-state index in [0.29, 0.717) is 0 Å². The zero-order chi connectivity index (χ0) is 10.8. The van der Waals surface area contributed by atoms with Crippen LogP contribution >= 0.6 is 0 Å². The van der Waals surface area contributed by atoms with Crippen LogP contribution in [0.4, 0.5) is 0 Å². The van der Waals surface area contributed by atoms with Crippen LogP contribution in [-0.2, 0) is 6.42 Å². The van der Waals surface area contributed by atoms with E-state index in [9.17, 15) is 0 Å². The lowest BCUT2D eigenvalue weighted by molar-refractivity contribution is 0.355. The van der Waals surface area contributed by atoms with Gasteiger partial charge < -0.3 is 4.98 Å². The Bertz CT molecular complexity index is 469. The number of nitrogens with zero attached hydrogens (tertiary/aromatic N) is 2. The lowest BCUT2D eigenvalue weighted by Crippen LogP contribution is -2.10. The molecule has 0 aliphatic heterocycles.